The fraction of sp³-hybridized carbons (Fsp3) is 0.316. The predicted molar refractivity (Wildman–Crippen MR) is 107 cm³/mol. The number of urea groups is 1. The Morgan fingerprint density at radius 3 is 2.63 bits per heavy atom. The summed E-state index contributed by atoms with van der Waals surface area (Å²) in [4.78, 5) is 16.9. The summed E-state index contributed by atoms with van der Waals surface area (Å²) < 4.78 is 7.00. The molecule has 1 N–H and O–H groups in total. The minimum atomic E-state index is -0.149. The first kappa shape index (κ1) is 19.1. The maximum Gasteiger partial charge on any atom is 0.322 e. The van der Waals surface area contributed by atoms with E-state index in [1.807, 2.05) is 35.9 Å². The van der Waals surface area contributed by atoms with Gasteiger partial charge in [0.15, 0.2) is 5.82 Å². The molecule has 142 valence electrons. The molecule has 2 heterocycles. The van der Waals surface area contributed by atoms with Crippen LogP contribution in [0.1, 0.15) is 9.75 Å². The standard InChI is InChI=1S/C19H23N5O2S/c1-14-4-9-17(27-14)12-24(10-11-26-3)19(25)21-16-7-5-15(6-8-16)18-22-20-13-23(18)2/h4-9,13H,10-12H2,1-3H3,(H,21,25). The van der Waals surface area contributed by atoms with Gasteiger partial charge in [-0.3, -0.25) is 0 Å². The molecule has 2 amide bonds. The summed E-state index contributed by atoms with van der Waals surface area (Å²) in [7, 11) is 3.53. The lowest BCUT2D eigenvalue weighted by Gasteiger charge is -2.22. The lowest BCUT2D eigenvalue weighted by Crippen LogP contribution is -2.36. The first-order valence-electron chi connectivity index (χ1n) is 8.61. The van der Waals surface area contributed by atoms with Crippen molar-refractivity contribution in [2.45, 2.75) is 13.5 Å². The third-order valence-corrected chi connectivity index (χ3v) is 5.09. The van der Waals surface area contributed by atoms with Gasteiger partial charge in [0.2, 0.25) is 0 Å². The van der Waals surface area contributed by atoms with Gasteiger partial charge in [-0.05, 0) is 43.3 Å². The van der Waals surface area contributed by atoms with Gasteiger partial charge in [0, 0.05) is 41.7 Å². The fourth-order valence-corrected chi connectivity index (χ4v) is 3.57. The highest BCUT2D eigenvalue weighted by Gasteiger charge is 2.15. The van der Waals surface area contributed by atoms with Gasteiger partial charge in [0.25, 0.3) is 0 Å². The number of anilines is 1. The molecule has 0 unspecified atom stereocenters. The molecule has 0 atom stereocenters. The van der Waals surface area contributed by atoms with Crippen LogP contribution in [0.3, 0.4) is 0 Å². The van der Waals surface area contributed by atoms with Crippen LogP contribution in [-0.2, 0) is 18.3 Å². The average Bonchev–Trinajstić information content (AvgIpc) is 3.27. The molecular formula is C19H23N5O2S. The van der Waals surface area contributed by atoms with Crippen LogP contribution in [0.5, 0.6) is 0 Å². The van der Waals surface area contributed by atoms with Gasteiger partial charge >= 0.3 is 6.03 Å². The maximum atomic E-state index is 12.7. The number of methoxy groups -OCH3 is 1. The lowest BCUT2D eigenvalue weighted by molar-refractivity contribution is 0.153. The summed E-state index contributed by atoms with van der Waals surface area (Å²) in [5, 5.41) is 10.9. The molecule has 0 radical (unpaired) electrons. The molecule has 0 aliphatic carbocycles. The molecule has 27 heavy (non-hydrogen) atoms. The third-order valence-electron chi connectivity index (χ3n) is 4.10. The van der Waals surface area contributed by atoms with Crippen molar-refractivity contribution in [1.29, 1.82) is 0 Å². The van der Waals surface area contributed by atoms with Gasteiger partial charge in [-0.25, -0.2) is 4.79 Å². The summed E-state index contributed by atoms with van der Waals surface area (Å²) in [6.45, 7) is 3.64. The van der Waals surface area contributed by atoms with Crippen molar-refractivity contribution in [2.75, 3.05) is 25.6 Å². The van der Waals surface area contributed by atoms with Crippen molar-refractivity contribution in [3.05, 3.63) is 52.5 Å². The number of rotatable bonds is 7. The van der Waals surface area contributed by atoms with Gasteiger partial charge in [-0.1, -0.05) is 0 Å². The Hall–Kier alpha value is -2.71. The van der Waals surface area contributed by atoms with E-state index in [0.29, 0.717) is 19.7 Å². The van der Waals surface area contributed by atoms with E-state index in [4.69, 9.17) is 4.74 Å². The molecule has 0 bridgehead atoms. The molecule has 0 saturated heterocycles. The molecule has 1 aromatic carbocycles. The summed E-state index contributed by atoms with van der Waals surface area (Å²) >= 11 is 1.70. The number of hydrogen-bond donors (Lipinski definition) is 1. The number of thiophene rings is 1. The van der Waals surface area contributed by atoms with Gasteiger partial charge in [0.1, 0.15) is 6.33 Å². The molecule has 0 saturated carbocycles. The van der Waals surface area contributed by atoms with E-state index in [9.17, 15) is 4.79 Å². The minimum Gasteiger partial charge on any atom is -0.383 e. The SMILES string of the molecule is COCCN(Cc1ccc(C)s1)C(=O)Nc1ccc(-c2nncn2C)cc1. The summed E-state index contributed by atoms with van der Waals surface area (Å²) in [6.07, 6.45) is 1.66. The molecule has 0 spiro atoms. The van der Waals surface area contributed by atoms with Crippen molar-refractivity contribution < 1.29 is 9.53 Å². The summed E-state index contributed by atoms with van der Waals surface area (Å²) in [6, 6.07) is 11.5. The molecule has 0 fully saturated rings. The Morgan fingerprint density at radius 1 is 1.26 bits per heavy atom. The van der Waals surface area contributed by atoms with Gasteiger partial charge in [0.05, 0.1) is 13.2 Å². The quantitative estimate of drug-likeness (QED) is 0.675. The first-order chi connectivity index (χ1) is 13.1. The number of nitrogens with one attached hydrogen (secondary N) is 1. The lowest BCUT2D eigenvalue weighted by atomic mass is 10.2. The number of aryl methyl sites for hydroxylation is 2. The topological polar surface area (TPSA) is 72.3 Å². The second-order valence-electron chi connectivity index (χ2n) is 6.20. The fourth-order valence-electron chi connectivity index (χ4n) is 2.66. The number of carbonyl (C=O) groups excluding carboxylic acids is 1. The molecule has 8 heteroatoms. The zero-order valence-corrected chi connectivity index (χ0v) is 16.5. The minimum absolute atomic E-state index is 0.149. The number of ether oxygens (including phenoxy) is 1. The van der Waals surface area contributed by atoms with Crippen LogP contribution >= 0.6 is 11.3 Å². The van der Waals surface area contributed by atoms with Crippen LogP contribution in [0.2, 0.25) is 0 Å². The predicted octanol–water partition coefficient (Wildman–Crippen LogP) is 3.53. The second-order valence-corrected chi connectivity index (χ2v) is 7.57. The highest BCUT2D eigenvalue weighted by molar-refractivity contribution is 7.11. The van der Waals surface area contributed by atoms with Crippen LogP contribution in [0.25, 0.3) is 11.4 Å². The van der Waals surface area contributed by atoms with Crippen molar-refractivity contribution >= 4 is 23.1 Å². The molecule has 2 aromatic heterocycles. The average molecular weight is 385 g/mol. The number of amides is 2. The van der Waals surface area contributed by atoms with Crippen LogP contribution in [0.15, 0.2) is 42.7 Å². The second kappa shape index (κ2) is 8.79. The van der Waals surface area contributed by atoms with Crippen LogP contribution < -0.4 is 5.32 Å². The summed E-state index contributed by atoms with van der Waals surface area (Å²) in [5.41, 5.74) is 1.67. The van der Waals surface area contributed by atoms with Crippen molar-refractivity contribution in [3.63, 3.8) is 0 Å². The highest BCUT2D eigenvalue weighted by Crippen LogP contribution is 2.20. The largest absolute Gasteiger partial charge is 0.383 e. The Bertz CT molecular complexity index is 888. The zero-order chi connectivity index (χ0) is 19.2. The van der Waals surface area contributed by atoms with Gasteiger partial charge < -0.3 is 19.5 Å². The Labute approximate surface area is 162 Å². The Morgan fingerprint density at radius 2 is 2.04 bits per heavy atom. The number of nitrogens with zero attached hydrogens (tertiary/aromatic N) is 4. The smallest absolute Gasteiger partial charge is 0.322 e. The number of aromatic nitrogens is 3. The highest BCUT2D eigenvalue weighted by atomic mass is 32.1. The molecule has 0 aliphatic heterocycles. The van der Waals surface area contributed by atoms with E-state index in [0.717, 1.165) is 22.0 Å². The van der Waals surface area contributed by atoms with E-state index in [2.05, 4.69) is 34.6 Å². The normalized spacial score (nSPS) is 10.8. The van der Waals surface area contributed by atoms with Gasteiger partial charge in [-0.15, -0.1) is 21.5 Å². The van der Waals surface area contributed by atoms with Gasteiger partial charge in [-0.2, -0.15) is 0 Å². The van der Waals surface area contributed by atoms with Crippen LogP contribution in [-0.4, -0.2) is 46.0 Å². The van der Waals surface area contributed by atoms with Crippen molar-refractivity contribution in [2.24, 2.45) is 7.05 Å². The van der Waals surface area contributed by atoms with Crippen LogP contribution in [0.4, 0.5) is 10.5 Å². The molecule has 0 aliphatic rings. The third kappa shape index (κ3) is 4.93. The molecular weight excluding hydrogens is 362 g/mol. The number of hydrogen-bond acceptors (Lipinski definition) is 5. The van der Waals surface area contributed by atoms with E-state index in [1.54, 1.807) is 29.7 Å². The van der Waals surface area contributed by atoms with E-state index >= 15 is 0 Å². The monoisotopic (exact) mass is 385 g/mol. The van der Waals surface area contributed by atoms with E-state index < -0.39 is 0 Å². The van der Waals surface area contributed by atoms with E-state index in [-0.39, 0.29) is 6.03 Å². The van der Waals surface area contributed by atoms with Crippen molar-refractivity contribution in [1.82, 2.24) is 19.7 Å². The molecule has 7 nitrogen and oxygen atoms in total. The van der Waals surface area contributed by atoms with Crippen LogP contribution in [0, 0.1) is 6.92 Å². The molecule has 3 rings (SSSR count). The molecule has 3 aromatic rings. The van der Waals surface area contributed by atoms with Crippen molar-refractivity contribution in [3.8, 4) is 11.4 Å². The maximum absolute atomic E-state index is 12.7. The summed E-state index contributed by atoms with van der Waals surface area (Å²) in [5.74, 6) is 0.780. The number of benzene rings is 1. The zero-order valence-electron chi connectivity index (χ0n) is 15.7. The van der Waals surface area contributed by atoms with E-state index in [1.165, 1.54) is 4.88 Å². The number of carbonyl (C=O) groups is 1. The Kier molecular flexibility index (Phi) is 6.20. The Balaban J connectivity index is 1.67. The first-order valence-corrected chi connectivity index (χ1v) is 9.43.